The van der Waals surface area contributed by atoms with Gasteiger partial charge in [0.25, 0.3) is 5.91 Å². The minimum absolute atomic E-state index is 0.139. The van der Waals surface area contributed by atoms with Crippen molar-refractivity contribution in [3.63, 3.8) is 0 Å². The van der Waals surface area contributed by atoms with E-state index >= 15 is 0 Å². The molecule has 1 saturated carbocycles. The topological polar surface area (TPSA) is 87.5 Å². The van der Waals surface area contributed by atoms with E-state index in [0.717, 1.165) is 19.3 Å². The number of benzene rings is 2. The highest BCUT2D eigenvalue weighted by atomic mass is 16.5. The van der Waals surface area contributed by atoms with Gasteiger partial charge >= 0.3 is 5.97 Å². The van der Waals surface area contributed by atoms with Gasteiger partial charge in [0, 0.05) is 18.2 Å². The van der Waals surface area contributed by atoms with Crippen LogP contribution < -0.4 is 0 Å². The summed E-state index contributed by atoms with van der Waals surface area (Å²) in [6, 6.07) is 17.3. The van der Waals surface area contributed by atoms with Crippen LogP contribution in [-0.4, -0.2) is 41.3 Å². The molecule has 31 heavy (non-hydrogen) atoms. The van der Waals surface area contributed by atoms with Gasteiger partial charge in [-0.1, -0.05) is 61.7 Å². The van der Waals surface area contributed by atoms with Gasteiger partial charge in [-0.05, 0) is 31.9 Å². The Morgan fingerprint density at radius 3 is 2.06 bits per heavy atom. The lowest BCUT2D eigenvalue weighted by molar-refractivity contribution is -0.143. The predicted molar refractivity (Wildman–Crippen MR) is 115 cm³/mol. The molecule has 1 aliphatic carbocycles. The zero-order chi connectivity index (χ0) is 22.4. The fourth-order valence-electron chi connectivity index (χ4n) is 3.94. The van der Waals surface area contributed by atoms with Crippen molar-refractivity contribution in [2.24, 2.45) is 0 Å². The molecule has 0 bridgehead atoms. The molecule has 2 aromatic carbocycles. The monoisotopic (exact) mass is 418 g/mol. The standard InChI is InChI=1S/C25H26N2O4/c1-18(23(29)27(2)25(17-26)15-7-4-8-16-25)31-24(30)21-13-11-20(12-14-21)22(28)19-9-5-3-6-10-19/h3,5-6,9-14,18H,4,7-8,15-16H2,1-2H3/t18-/m0/s1. The summed E-state index contributed by atoms with van der Waals surface area (Å²) >= 11 is 0. The number of esters is 1. The number of amides is 1. The van der Waals surface area contributed by atoms with Crippen molar-refractivity contribution in [2.75, 3.05) is 7.05 Å². The van der Waals surface area contributed by atoms with Crippen molar-refractivity contribution in [2.45, 2.75) is 50.7 Å². The highest BCUT2D eigenvalue weighted by Crippen LogP contribution is 2.33. The Hall–Kier alpha value is -3.46. The Kier molecular flexibility index (Phi) is 6.86. The second kappa shape index (κ2) is 9.57. The van der Waals surface area contributed by atoms with Crippen molar-refractivity contribution in [1.82, 2.24) is 4.90 Å². The minimum Gasteiger partial charge on any atom is -0.449 e. The van der Waals surface area contributed by atoms with E-state index in [4.69, 9.17) is 4.74 Å². The molecule has 0 N–H and O–H groups in total. The fraction of sp³-hybridized carbons (Fsp3) is 0.360. The quantitative estimate of drug-likeness (QED) is 0.519. The fourth-order valence-corrected chi connectivity index (χ4v) is 3.94. The summed E-state index contributed by atoms with van der Waals surface area (Å²) in [6.45, 7) is 1.51. The number of carbonyl (C=O) groups excluding carboxylic acids is 3. The number of ether oxygens (including phenoxy) is 1. The minimum atomic E-state index is -1.02. The number of hydrogen-bond donors (Lipinski definition) is 0. The molecule has 0 spiro atoms. The van der Waals surface area contributed by atoms with Gasteiger partial charge < -0.3 is 9.64 Å². The zero-order valence-corrected chi connectivity index (χ0v) is 17.8. The van der Waals surface area contributed by atoms with E-state index in [1.165, 1.54) is 24.0 Å². The van der Waals surface area contributed by atoms with Gasteiger partial charge in [-0.25, -0.2) is 4.79 Å². The van der Waals surface area contributed by atoms with Crippen LogP contribution in [0, 0.1) is 11.3 Å². The summed E-state index contributed by atoms with van der Waals surface area (Å²) in [4.78, 5) is 39.3. The first kappa shape index (κ1) is 22.2. The first-order chi connectivity index (χ1) is 14.9. The van der Waals surface area contributed by atoms with Crippen LogP contribution in [0.5, 0.6) is 0 Å². The number of nitriles is 1. The summed E-state index contributed by atoms with van der Waals surface area (Å²) in [5.74, 6) is -1.18. The van der Waals surface area contributed by atoms with Crippen LogP contribution in [0.2, 0.25) is 0 Å². The van der Waals surface area contributed by atoms with Crippen LogP contribution in [0.25, 0.3) is 0 Å². The van der Waals surface area contributed by atoms with Crippen LogP contribution in [0.3, 0.4) is 0 Å². The molecule has 0 aliphatic heterocycles. The molecule has 1 atom stereocenters. The number of ketones is 1. The van der Waals surface area contributed by atoms with Crippen molar-refractivity contribution < 1.29 is 19.1 Å². The molecule has 1 aliphatic rings. The van der Waals surface area contributed by atoms with Crippen molar-refractivity contribution >= 4 is 17.7 Å². The molecule has 1 fully saturated rings. The third-order valence-corrected chi connectivity index (χ3v) is 5.91. The number of likely N-dealkylation sites (N-methyl/N-ethyl adjacent to an activating group) is 1. The van der Waals surface area contributed by atoms with E-state index in [1.807, 2.05) is 6.07 Å². The lowest BCUT2D eigenvalue weighted by atomic mass is 9.81. The van der Waals surface area contributed by atoms with Crippen LogP contribution in [0.4, 0.5) is 0 Å². The van der Waals surface area contributed by atoms with Gasteiger partial charge in [-0.15, -0.1) is 0 Å². The molecular formula is C25H26N2O4. The molecule has 2 aromatic rings. The summed E-state index contributed by atoms with van der Waals surface area (Å²) < 4.78 is 5.36. The third-order valence-electron chi connectivity index (χ3n) is 5.91. The molecule has 0 heterocycles. The Morgan fingerprint density at radius 1 is 0.935 bits per heavy atom. The van der Waals surface area contributed by atoms with Gasteiger partial charge in [0.05, 0.1) is 11.6 Å². The van der Waals surface area contributed by atoms with E-state index in [-0.39, 0.29) is 11.3 Å². The Bertz CT molecular complexity index is 986. The van der Waals surface area contributed by atoms with E-state index in [1.54, 1.807) is 43.4 Å². The maximum atomic E-state index is 12.8. The van der Waals surface area contributed by atoms with Gasteiger partial charge in [0.1, 0.15) is 5.54 Å². The molecule has 3 rings (SSSR count). The van der Waals surface area contributed by atoms with Crippen molar-refractivity contribution in [3.05, 3.63) is 71.3 Å². The van der Waals surface area contributed by atoms with Gasteiger partial charge in [-0.3, -0.25) is 9.59 Å². The van der Waals surface area contributed by atoms with E-state index in [0.29, 0.717) is 24.0 Å². The van der Waals surface area contributed by atoms with E-state index < -0.39 is 23.5 Å². The average molecular weight is 418 g/mol. The Balaban J connectivity index is 1.64. The average Bonchev–Trinajstić information content (AvgIpc) is 2.83. The van der Waals surface area contributed by atoms with Gasteiger partial charge in [0.15, 0.2) is 11.9 Å². The van der Waals surface area contributed by atoms with Crippen LogP contribution >= 0.6 is 0 Å². The summed E-state index contributed by atoms with van der Waals surface area (Å²) in [7, 11) is 1.60. The number of nitrogens with zero attached hydrogens (tertiary/aromatic N) is 2. The zero-order valence-electron chi connectivity index (χ0n) is 17.8. The van der Waals surface area contributed by atoms with E-state index in [2.05, 4.69) is 6.07 Å². The maximum Gasteiger partial charge on any atom is 0.338 e. The molecule has 6 heteroatoms. The van der Waals surface area contributed by atoms with Crippen LogP contribution in [0.15, 0.2) is 54.6 Å². The normalized spacial score (nSPS) is 15.9. The highest BCUT2D eigenvalue weighted by molar-refractivity contribution is 6.09. The second-order valence-electron chi connectivity index (χ2n) is 7.92. The van der Waals surface area contributed by atoms with Crippen LogP contribution in [-0.2, 0) is 9.53 Å². The second-order valence-corrected chi connectivity index (χ2v) is 7.92. The molecule has 160 valence electrons. The molecule has 0 aromatic heterocycles. The lowest BCUT2D eigenvalue weighted by Gasteiger charge is -2.39. The largest absolute Gasteiger partial charge is 0.449 e. The highest BCUT2D eigenvalue weighted by Gasteiger charge is 2.40. The first-order valence-corrected chi connectivity index (χ1v) is 10.5. The summed E-state index contributed by atoms with van der Waals surface area (Å²) in [5.41, 5.74) is 0.434. The first-order valence-electron chi connectivity index (χ1n) is 10.5. The van der Waals surface area contributed by atoms with E-state index in [9.17, 15) is 19.6 Å². The van der Waals surface area contributed by atoms with Crippen LogP contribution in [0.1, 0.15) is 65.3 Å². The molecule has 1 amide bonds. The SMILES string of the molecule is C[C@H](OC(=O)c1ccc(C(=O)c2ccccc2)cc1)C(=O)N(C)C1(C#N)CCCCC1. The van der Waals surface area contributed by atoms with Gasteiger partial charge in [-0.2, -0.15) is 5.26 Å². The Labute approximate surface area is 182 Å². The molecular weight excluding hydrogens is 392 g/mol. The third kappa shape index (κ3) is 4.83. The smallest absolute Gasteiger partial charge is 0.338 e. The number of hydrogen-bond acceptors (Lipinski definition) is 5. The predicted octanol–water partition coefficient (Wildman–Crippen LogP) is 4.15. The lowest BCUT2D eigenvalue weighted by Crippen LogP contribution is -2.53. The molecule has 0 saturated heterocycles. The summed E-state index contributed by atoms with van der Waals surface area (Å²) in [5, 5.41) is 9.68. The Morgan fingerprint density at radius 2 is 1.48 bits per heavy atom. The maximum absolute atomic E-state index is 12.8. The molecule has 6 nitrogen and oxygen atoms in total. The van der Waals surface area contributed by atoms with Crippen molar-refractivity contribution in [1.29, 1.82) is 5.26 Å². The molecule has 0 radical (unpaired) electrons. The molecule has 0 unspecified atom stereocenters. The van der Waals surface area contributed by atoms with Crippen molar-refractivity contribution in [3.8, 4) is 6.07 Å². The van der Waals surface area contributed by atoms with Gasteiger partial charge in [0.2, 0.25) is 0 Å². The number of rotatable bonds is 6. The number of carbonyl (C=O) groups is 3. The summed E-state index contributed by atoms with van der Waals surface area (Å²) in [6.07, 6.45) is 3.09.